The van der Waals surface area contributed by atoms with Crippen LogP contribution in [-0.2, 0) is 12.6 Å². The van der Waals surface area contributed by atoms with Gasteiger partial charge in [0.2, 0.25) is 11.0 Å². The molecule has 1 aromatic carbocycles. The first-order chi connectivity index (χ1) is 9.34. The van der Waals surface area contributed by atoms with Crippen molar-refractivity contribution in [2.24, 2.45) is 0 Å². The third-order valence-electron chi connectivity index (χ3n) is 2.29. The molecule has 2 rings (SSSR count). The quantitative estimate of drug-likeness (QED) is 0.879. The van der Waals surface area contributed by atoms with E-state index >= 15 is 0 Å². The molecule has 0 saturated carbocycles. The average molecular weight is 309 g/mol. The van der Waals surface area contributed by atoms with Crippen LogP contribution in [0.5, 0.6) is 0 Å². The van der Waals surface area contributed by atoms with Gasteiger partial charge in [0.05, 0.1) is 0 Å². The molecule has 0 aliphatic heterocycles. The molecule has 0 fully saturated rings. The monoisotopic (exact) mass is 309 g/mol. The smallest absolute Gasteiger partial charge is 0.360 e. The Labute approximate surface area is 114 Å². The number of hydrogen-bond acceptors (Lipinski definition) is 4. The molecule has 1 N–H and O–H groups in total. The summed E-state index contributed by atoms with van der Waals surface area (Å²) in [6, 6.07) is 3.06. The van der Waals surface area contributed by atoms with E-state index in [0.29, 0.717) is 17.1 Å². The molecular weight excluding hydrogens is 301 g/mol. The number of alkyl halides is 3. The Morgan fingerprint density at radius 3 is 2.30 bits per heavy atom. The normalized spacial score (nSPS) is 11.7. The molecule has 0 aliphatic rings. The van der Waals surface area contributed by atoms with Crippen LogP contribution in [0.1, 0.15) is 11.4 Å². The number of anilines is 1. The first-order valence-corrected chi connectivity index (χ1v) is 6.21. The van der Waals surface area contributed by atoms with E-state index in [1.165, 1.54) is 0 Å². The Kier molecular flexibility index (Phi) is 4.17. The maximum Gasteiger partial charge on any atom is 0.452 e. The zero-order chi connectivity index (χ0) is 14.8. The molecule has 3 nitrogen and oxygen atoms in total. The van der Waals surface area contributed by atoms with Gasteiger partial charge in [0.15, 0.2) is 0 Å². The van der Waals surface area contributed by atoms with Gasteiger partial charge in [-0.25, -0.2) is 8.78 Å². The van der Waals surface area contributed by atoms with E-state index in [9.17, 15) is 22.0 Å². The minimum atomic E-state index is -4.58. The summed E-state index contributed by atoms with van der Waals surface area (Å²) in [7, 11) is 0. The fraction of sp³-hybridized carbons (Fsp3) is 0.273. The van der Waals surface area contributed by atoms with Gasteiger partial charge in [-0.3, -0.25) is 0 Å². The first kappa shape index (κ1) is 14.6. The van der Waals surface area contributed by atoms with Crippen molar-refractivity contribution >= 4 is 16.7 Å². The Morgan fingerprint density at radius 2 is 1.75 bits per heavy atom. The third kappa shape index (κ3) is 3.86. The summed E-state index contributed by atoms with van der Waals surface area (Å²) in [5.74, 6) is -2.60. The van der Waals surface area contributed by atoms with Crippen LogP contribution < -0.4 is 5.32 Å². The van der Waals surface area contributed by atoms with Crippen molar-refractivity contribution in [2.45, 2.75) is 12.6 Å². The van der Waals surface area contributed by atoms with E-state index in [1.807, 2.05) is 0 Å². The molecular formula is C11H8F5N3S. The van der Waals surface area contributed by atoms with E-state index in [1.54, 1.807) is 0 Å². The van der Waals surface area contributed by atoms with Crippen molar-refractivity contribution in [3.05, 3.63) is 41.2 Å². The van der Waals surface area contributed by atoms with Crippen molar-refractivity contribution in [1.29, 1.82) is 0 Å². The summed E-state index contributed by atoms with van der Waals surface area (Å²) in [4.78, 5) is 3.27. The highest BCUT2D eigenvalue weighted by molar-refractivity contribution is 7.09. The zero-order valence-corrected chi connectivity index (χ0v) is 10.7. The topological polar surface area (TPSA) is 37.8 Å². The molecule has 20 heavy (non-hydrogen) atoms. The summed E-state index contributed by atoms with van der Waals surface area (Å²) in [6.07, 6.45) is -4.34. The molecule has 1 aromatic heterocycles. The van der Waals surface area contributed by atoms with Crippen molar-refractivity contribution in [3.63, 3.8) is 0 Å². The summed E-state index contributed by atoms with van der Waals surface area (Å²) in [5, 5.41) is 2.63. The zero-order valence-electron chi connectivity index (χ0n) is 9.84. The number of aromatic nitrogens is 2. The Bertz CT molecular complexity index is 576. The number of hydrogen-bond donors (Lipinski definition) is 1. The number of nitrogens with one attached hydrogen (secondary N) is 1. The molecule has 9 heteroatoms. The second-order valence-corrected chi connectivity index (χ2v) is 4.63. The van der Waals surface area contributed by atoms with Gasteiger partial charge in [0.1, 0.15) is 11.6 Å². The Hall–Kier alpha value is -1.77. The lowest BCUT2D eigenvalue weighted by Crippen LogP contribution is -2.09. The molecule has 0 bridgehead atoms. The van der Waals surface area contributed by atoms with Gasteiger partial charge in [0.25, 0.3) is 0 Å². The minimum absolute atomic E-state index is 0.00852. The lowest BCUT2D eigenvalue weighted by Gasteiger charge is -2.03. The van der Waals surface area contributed by atoms with Gasteiger partial charge in [-0.1, -0.05) is 0 Å². The maximum atomic E-state index is 12.9. The highest BCUT2D eigenvalue weighted by Gasteiger charge is 2.36. The molecule has 2 aromatic rings. The van der Waals surface area contributed by atoms with Gasteiger partial charge in [-0.05, 0) is 24.1 Å². The van der Waals surface area contributed by atoms with E-state index in [0.717, 1.165) is 18.2 Å². The summed E-state index contributed by atoms with van der Waals surface area (Å²) in [6.45, 7) is 0.190. The second kappa shape index (κ2) is 5.70. The van der Waals surface area contributed by atoms with Crippen LogP contribution in [0.4, 0.5) is 27.1 Å². The highest BCUT2D eigenvalue weighted by Crippen LogP contribution is 2.28. The Morgan fingerprint density at radius 1 is 1.10 bits per heavy atom. The summed E-state index contributed by atoms with van der Waals surface area (Å²) >= 11 is 0.577. The maximum absolute atomic E-state index is 12.9. The SMILES string of the molecule is Fc1cc(F)cc(CCNc2nc(C(F)(F)F)ns2)c1. The average Bonchev–Trinajstić information content (AvgIpc) is 2.76. The number of benzene rings is 1. The molecule has 0 aliphatic carbocycles. The lowest BCUT2D eigenvalue weighted by atomic mass is 10.1. The van der Waals surface area contributed by atoms with E-state index in [2.05, 4.69) is 14.7 Å². The van der Waals surface area contributed by atoms with Crippen LogP contribution in [-0.4, -0.2) is 15.9 Å². The summed E-state index contributed by atoms with van der Waals surface area (Å²) < 4.78 is 65.7. The predicted octanol–water partition coefficient (Wildman–Crippen LogP) is 3.49. The van der Waals surface area contributed by atoms with Gasteiger partial charge in [-0.2, -0.15) is 22.5 Å². The Balaban J connectivity index is 1.91. The van der Waals surface area contributed by atoms with Gasteiger partial charge in [-0.15, -0.1) is 0 Å². The first-order valence-electron chi connectivity index (χ1n) is 5.44. The van der Waals surface area contributed by atoms with Crippen LogP contribution in [0.15, 0.2) is 18.2 Å². The van der Waals surface area contributed by atoms with Crippen LogP contribution >= 0.6 is 11.5 Å². The molecule has 108 valence electrons. The number of halogens is 5. The van der Waals surface area contributed by atoms with Gasteiger partial charge < -0.3 is 5.32 Å². The molecule has 0 spiro atoms. The van der Waals surface area contributed by atoms with Crippen molar-refractivity contribution in [1.82, 2.24) is 9.36 Å². The predicted molar refractivity (Wildman–Crippen MR) is 63.5 cm³/mol. The molecule has 0 radical (unpaired) electrons. The molecule has 1 heterocycles. The number of rotatable bonds is 4. The minimum Gasteiger partial charge on any atom is -0.360 e. The molecule has 0 unspecified atom stereocenters. The fourth-order valence-corrected chi connectivity index (χ4v) is 2.09. The van der Waals surface area contributed by atoms with Crippen molar-refractivity contribution < 1.29 is 22.0 Å². The van der Waals surface area contributed by atoms with Crippen LogP contribution in [0.2, 0.25) is 0 Å². The van der Waals surface area contributed by atoms with Gasteiger partial charge in [0, 0.05) is 24.1 Å². The third-order valence-corrected chi connectivity index (χ3v) is 2.96. The van der Waals surface area contributed by atoms with Crippen molar-refractivity contribution in [2.75, 3.05) is 11.9 Å². The highest BCUT2D eigenvalue weighted by atomic mass is 32.1. The van der Waals surface area contributed by atoms with Crippen LogP contribution in [0, 0.1) is 11.6 Å². The summed E-state index contributed by atoms with van der Waals surface area (Å²) in [5.41, 5.74) is 0.399. The largest absolute Gasteiger partial charge is 0.452 e. The van der Waals surface area contributed by atoms with E-state index in [-0.39, 0.29) is 18.1 Å². The number of nitrogens with zero attached hydrogens (tertiary/aromatic N) is 2. The van der Waals surface area contributed by atoms with E-state index in [4.69, 9.17) is 0 Å². The second-order valence-electron chi connectivity index (χ2n) is 3.88. The van der Waals surface area contributed by atoms with Crippen LogP contribution in [0.3, 0.4) is 0 Å². The molecule has 0 atom stereocenters. The standard InChI is InChI=1S/C11H8F5N3S/c12-7-3-6(4-8(13)5-7)1-2-17-10-18-9(19-20-10)11(14,15)16/h3-5H,1-2H2,(H,17,18,19). The van der Waals surface area contributed by atoms with Crippen molar-refractivity contribution in [3.8, 4) is 0 Å². The molecule has 0 amide bonds. The fourth-order valence-electron chi connectivity index (χ4n) is 1.48. The molecule has 0 saturated heterocycles. The lowest BCUT2D eigenvalue weighted by molar-refractivity contribution is -0.144. The van der Waals surface area contributed by atoms with E-state index < -0.39 is 23.6 Å². The van der Waals surface area contributed by atoms with Gasteiger partial charge >= 0.3 is 6.18 Å². The van der Waals surface area contributed by atoms with Crippen LogP contribution in [0.25, 0.3) is 0 Å².